The van der Waals surface area contributed by atoms with E-state index in [2.05, 4.69) is 0 Å². The van der Waals surface area contributed by atoms with Gasteiger partial charge in [0.15, 0.2) is 0 Å². The molecule has 0 saturated carbocycles. The van der Waals surface area contributed by atoms with E-state index in [1.54, 1.807) is 23.1 Å². The molecule has 1 fully saturated rings. The van der Waals surface area contributed by atoms with Crippen LogP contribution in [0.3, 0.4) is 0 Å². The van der Waals surface area contributed by atoms with Crippen LogP contribution in [0.25, 0.3) is 0 Å². The van der Waals surface area contributed by atoms with Crippen molar-refractivity contribution in [3.8, 4) is 11.5 Å². The van der Waals surface area contributed by atoms with Crippen LogP contribution in [0.4, 0.5) is 8.78 Å². The van der Waals surface area contributed by atoms with Crippen molar-refractivity contribution in [1.29, 1.82) is 0 Å². The molecule has 28 heavy (non-hydrogen) atoms. The van der Waals surface area contributed by atoms with Gasteiger partial charge in [0.05, 0.1) is 26.9 Å². The zero-order valence-corrected chi connectivity index (χ0v) is 15.9. The minimum absolute atomic E-state index is 0.0384. The molecule has 7 heteroatoms. The van der Waals surface area contributed by atoms with Crippen molar-refractivity contribution < 1.29 is 27.8 Å². The van der Waals surface area contributed by atoms with Gasteiger partial charge in [0.2, 0.25) is 0 Å². The van der Waals surface area contributed by atoms with Crippen LogP contribution in [0, 0.1) is 11.6 Å². The molecule has 0 N–H and O–H groups in total. The topological polar surface area (TPSA) is 48.0 Å². The lowest BCUT2D eigenvalue weighted by Gasteiger charge is -2.33. The highest BCUT2D eigenvalue weighted by atomic mass is 19.1. The number of carbonyl (C=O) groups is 1. The highest BCUT2D eigenvalue weighted by Crippen LogP contribution is 2.25. The number of hydrogen-bond donors (Lipinski definition) is 0. The van der Waals surface area contributed by atoms with Gasteiger partial charge in [-0.25, -0.2) is 8.78 Å². The number of hydrogen-bond acceptors (Lipinski definition) is 4. The quantitative estimate of drug-likeness (QED) is 0.752. The number of halogens is 2. The number of likely N-dealkylation sites (tertiary alicyclic amines) is 1. The molecular formula is C21H23F2NO4. The summed E-state index contributed by atoms with van der Waals surface area (Å²) in [6.07, 6.45) is 1.28. The first-order valence-electron chi connectivity index (χ1n) is 9.08. The molecule has 1 heterocycles. The molecule has 150 valence electrons. The lowest BCUT2D eigenvalue weighted by molar-refractivity contribution is -0.00770. The number of nitrogens with zero attached hydrogens (tertiary/aromatic N) is 1. The number of piperidine rings is 1. The molecule has 0 aromatic heterocycles. The number of carbonyl (C=O) groups excluding carboxylic acids is 1. The molecule has 1 aliphatic rings. The van der Waals surface area contributed by atoms with Gasteiger partial charge in [-0.15, -0.1) is 0 Å². The van der Waals surface area contributed by atoms with Crippen LogP contribution in [-0.2, 0) is 11.3 Å². The van der Waals surface area contributed by atoms with Crippen LogP contribution in [0.1, 0.15) is 28.8 Å². The van der Waals surface area contributed by atoms with Crippen LogP contribution in [0.5, 0.6) is 11.5 Å². The Morgan fingerprint density at radius 3 is 2.50 bits per heavy atom. The Morgan fingerprint density at radius 2 is 1.82 bits per heavy atom. The number of amides is 1. The smallest absolute Gasteiger partial charge is 0.254 e. The largest absolute Gasteiger partial charge is 0.497 e. The summed E-state index contributed by atoms with van der Waals surface area (Å²) in [5.74, 6) is -0.0911. The fourth-order valence-corrected chi connectivity index (χ4v) is 3.23. The second kappa shape index (κ2) is 9.01. The molecule has 1 unspecified atom stereocenters. The van der Waals surface area contributed by atoms with Gasteiger partial charge >= 0.3 is 0 Å². The predicted molar refractivity (Wildman–Crippen MR) is 99.6 cm³/mol. The summed E-state index contributed by atoms with van der Waals surface area (Å²) in [5.41, 5.74) is 0.633. The van der Waals surface area contributed by atoms with Gasteiger partial charge in [-0.05, 0) is 43.2 Å². The first-order valence-corrected chi connectivity index (χ1v) is 9.08. The maximum atomic E-state index is 13.8. The van der Waals surface area contributed by atoms with Crippen molar-refractivity contribution >= 4 is 5.91 Å². The fourth-order valence-electron chi connectivity index (χ4n) is 3.23. The maximum Gasteiger partial charge on any atom is 0.254 e. The Labute approximate surface area is 162 Å². The summed E-state index contributed by atoms with van der Waals surface area (Å²) in [5, 5.41) is 0. The van der Waals surface area contributed by atoms with Gasteiger partial charge in [0.1, 0.15) is 23.1 Å². The molecule has 0 aliphatic carbocycles. The van der Waals surface area contributed by atoms with Gasteiger partial charge in [-0.3, -0.25) is 4.79 Å². The Bertz CT molecular complexity index is 821. The van der Waals surface area contributed by atoms with Crippen molar-refractivity contribution in [3.63, 3.8) is 0 Å². The second-order valence-corrected chi connectivity index (χ2v) is 6.66. The van der Waals surface area contributed by atoms with E-state index in [0.717, 1.165) is 31.0 Å². The van der Waals surface area contributed by atoms with Crippen molar-refractivity contribution in [2.75, 3.05) is 27.3 Å². The van der Waals surface area contributed by atoms with E-state index in [1.807, 2.05) is 0 Å². The minimum atomic E-state index is -0.507. The summed E-state index contributed by atoms with van der Waals surface area (Å²) < 4.78 is 43.3. The van der Waals surface area contributed by atoms with Crippen LogP contribution >= 0.6 is 0 Å². The van der Waals surface area contributed by atoms with Crippen LogP contribution in [-0.4, -0.2) is 44.2 Å². The third-order valence-corrected chi connectivity index (χ3v) is 4.75. The molecule has 2 aromatic carbocycles. The van der Waals surface area contributed by atoms with Gasteiger partial charge in [-0.1, -0.05) is 0 Å². The summed E-state index contributed by atoms with van der Waals surface area (Å²) >= 11 is 0. The molecule has 3 rings (SSSR count). The van der Waals surface area contributed by atoms with Crippen LogP contribution in [0.15, 0.2) is 36.4 Å². The van der Waals surface area contributed by atoms with Crippen molar-refractivity contribution in [3.05, 3.63) is 59.2 Å². The number of ether oxygens (including phenoxy) is 3. The molecule has 0 bridgehead atoms. The monoisotopic (exact) mass is 391 g/mol. The second-order valence-electron chi connectivity index (χ2n) is 6.66. The van der Waals surface area contributed by atoms with Crippen LogP contribution in [0.2, 0.25) is 0 Å². The average Bonchev–Trinajstić information content (AvgIpc) is 2.73. The maximum absolute atomic E-state index is 13.8. The molecule has 0 radical (unpaired) electrons. The SMILES string of the molecule is COc1cc(OC)cc(C(=O)N2CCCC(OCc3cc(F)ccc3F)C2)c1. The fraction of sp³-hybridized carbons (Fsp3) is 0.381. The molecule has 5 nitrogen and oxygen atoms in total. The Kier molecular flexibility index (Phi) is 6.46. The number of rotatable bonds is 6. The number of methoxy groups -OCH3 is 2. The number of benzene rings is 2. The van der Waals surface area contributed by atoms with E-state index in [4.69, 9.17) is 14.2 Å². The Balaban J connectivity index is 1.66. The molecular weight excluding hydrogens is 368 g/mol. The zero-order chi connectivity index (χ0) is 20.1. The van der Waals surface area contributed by atoms with E-state index in [0.29, 0.717) is 30.2 Å². The molecule has 1 atom stereocenters. The molecule has 1 amide bonds. The lowest BCUT2D eigenvalue weighted by Crippen LogP contribution is -2.43. The summed E-state index contributed by atoms with van der Waals surface area (Å²) in [7, 11) is 3.05. The van der Waals surface area contributed by atoms with Crippen molar-refractivity contribution in [1.82, 2.24) is 4.90 Å². The van der Waals surface area contributed by atoms with Gasteiger partial charge in [0, 0.05) is 30.3 Å². The van der Waals surface area contributed by atoms with E-state index >= 15 is 0 Å². The Hall–Kier alpha value is -2.67. The van der Waals surface area contributed by atoms with Gasteiger partial charge in [-0.2, -0.15) is 0 Å². The van der Waals surface area contributed by atoms with Gasteiger partial charge < -0.3 is 19.1 Å². The van der Waals surface area contributed by atoms with E-state index < -0.39 is 11.6 Å². The molecule has 0 spiro atoms. The minimum Gasteiger partial charge on any atom is -0.497 e. The van der Waals surface area contributed by atoms with Gasteiger partial charge in [0.25, 0.3) is 5.91 Å². The van der Waals surface area contributed by atoms with E-state index in [1.165, 1.54) is 14.2 Å². The average molecular weight is 391 g/mol. The van der Waals surface area contributed by atoms with Crippen molar-refractivity contribution in [2.24, 2.45) is 0 Å². The van der Waals surface area contributed by atoms with E-state index in [-0.39, 0.29) is 24.2 Å². The van der Waals surface area contributed by atoms with Crippen molar-refractivity contribution in [2.45, 2.75) is 25.6 Å². The summed E-state index contributed by atoms with van der Waals surface area (Å²) in [6, 6.07) is 8.31. The third kappa shape index (κ3) is 4.78. The van der Waals surface area contributed by atoms with E-state index in [9.17, 15) is 13.6 Å². The lowest BCUT2D eigenvalue weighted by atomic mass is 10.1. The molecule has 2 aromatic rings. The van der Waals surface area contributed by atoms with Crippen LogP contribution < -0.4 is 9.47 Å². The summed E-state index contributed by atoms with van der Waals surface area (Å²) in [6.45, 7) is 0.950. The Morgan fingerprint density at radius 1 is 1.11 bits per heavy atom. The first-order chi connectivity index (χ1) is 13.5. The zero-order valence-electron chi connectivity index (χ0n) is 15.9. The first kappa shape index (κ1) is 20.1. The molecule has 1 saturated heterocycles. The highest BCUT2D eigenvalue weighted by Gasteiger charge is 2.26. The summed E-state index contributed by atoms with van der Waals surface area (Å²) in [4.78, 5) is 14.6. The third-order valence-electron chi connectivity index (χ3n) is 4.75. The molecule has 1 aliphatic heterocycles. The highest BCUT2D eigenvalue weighted by molar-refractivity contribution is 5.95. The normalized spacial score (nSPS) is 16.7. The predicted octanol–water partition coefficient (Wildman–Crippen LogP) is 3.80. The standard InChI is InChI=1S/C21H23F2NO4/c1-26-18-9-14(10-19(11-18)27-2)21(25)24-7-3-4-17(12-24)28-13-15-8-16(22)5-6-20(15)23/h5-6,8-11,17H,3-4,7,12-13H2,1-2H3.